The van der Waals surface area contributed by atoms with Crippen LogP contribution in [-0.2, 0) is 11.2 Å². The summed E-state index contributed by atoms with van der Waals surface area (Å²) in [6, 6.07) is 12.9. The van der Waals surface area contributed by atoms with Crippen LogP contribution in [0.5, 0.6) is 0 Å². The number of thiazole rings is 1. The molecule has 142 valence electrons. The third-order valence-electron chi connectivity index (χ3n) is 4.48. The first-order chi connectivity index (χ1) is 13.5. The first-order valence-electron chi connectivity index (χ1n) is 8.63. The maximum Gasteiger partial charge on any atom is 0.257 e. The lowest BCUT2D eigenvalue weighted by Crippen LogP contribution is -2.20. The van der Waals surface area contributed by atoms with Crippen molar-refractivity contribution < 1.29 is 14.0 Å². The molecule has 28 heavy (non-hydrogen) atoms. The van der Waals surface area contributed by atoms with Gasteiger partial charge in [0.1, 0.15) is 5.82 Å². The van der Waals surface area contributed by atoms with Crippen LogP contribution in [0.4, 0.5) is 15.2 Å². The lowest BCUT2D eigenvalue weighted by Gasteiger charge is -2.11. The first kappa shape index (κ1) is 18.6. The molecule has 0 fully saturated rings. The summed E-state index contributed by atoms with van der Waals surface area (Å²) in [5, 5.41) is 5.97. The summed E-state index contributed by atoms with van der Waals surface area (Å²) in [5.41, 5.74) is 1.65. The largest absolute Gasteiger partial charge is 0.325 e. The van der Waals surface area contributed by atoms with Gasteiger partial charge in [-0.25, -0.2) is 9.37 Å². The number of anilines is 2. The van der Waals surface area contributed by atoms with E-state index in [9.17, 15) is 14.0 Å². The normalized spacial score (nSPS) is 15.1. The van der Waals surface area contributed by atoms with Crippen molar-refractivity contribution in [2.75, 3.05) is 10.6 Å². The predicted octanol–water partition coefficient (Wildman–Crippen LogP) is 4.86. The molecular weight excluding hydrogens is 401 g/mol. The minimum absolute atomic E-state index is 0.0514. The summed E-state index contributed by atoms with van der Waals surface area (Å²) in [4.78, 5) is 30.4. The van der Waals surface area contributed by atoms with E-state index in [-0.39, 0.29) is 16.8 Å². The fraction of sp³-hybridized carbons (Fsp3) is 0.150. The number of carbonyl (C=O) groups is 2. The van der Waals surface area contributed by atoms with E-state index >= 15 is 0 Å². The molecule has 5 nitrogen and oxygen atoms in total. The van der Waals surface area contributed by atoms with Gasteiger partial charge in [-0.3, -0.25) is 14.9 Å². The first-order valence-corrected chi connectivity index (χ1v) is 9.82. The fourth-order valence-electron chi connectivity index (χ4n) is 3.10. The molecule has 1 unspecified atom stereocenters. The van der Waals surface area contributed by atoms with Crippen molar-refractivity contribution in [3.63, 3.8) is 0 Å². The molecule has 1 aliphatic rings. The van der Waals surface area contributed by atoms with Gasteiger partial charge in [-0.15, -0.1) is 11.3 Å². The lowest BCUT2D eigenvalue weighted by atomic mass is 10.1. The molecule has 3 aromatic rings. The van der Waals surface area contributed by atoms with Crippen LogP contribution in [0.2, 0.25) is 5.02 Å². The van der Waals surface area contributed by atoms with Crippen LogP contribution in [0, 0.1) is 5.82 Å². The number of hydrogen-bond acceptors (Lipinski definition) is 4. The highest BCUT2D eigenvalue weighted by molar-refractivity contribution is 7.16. The Kier molecular flexibility index (Phi) is 5.11. The maximum absolute atomic E-state index is 13.3. The summed E-state index contributed by atoms with van der Waals surface area (Å²) in [6.07, 6.45) is 1.36. The number of carbonyl (C=O) groups excluding carboxylic acids is 2. The van der Waals surface area contributed by atoms with Crippen molar-refractivity contribution >= 4 is 45.6 Å². The van der Waals surface area contributed by atoms with E-state index in [1.54, 1.807) is 24.3 Å². The van der Waals surface area contributed by atoms with Crippen LogP contribution >= 0.6 is 22.9 Å². The Morgan fingerprint density at radius 2 is 1.93 bits per heavy atom. The number of aromatic nitrogens is 1. The van der Waals surface area contributed by atoms with Crippen LogP contribution in [0.3, 0.4) is 0 Å². The Labute approximate surface area is 169 Å². The van der Waals surface area contributed by atoms with E-state index in [0.717, 1.165) is 11.3 Å². The van der Waals surface area contributed by atoms with Gasteiger partial charge in [0.2, 0.25) is 5.91 Å². The second kappa shape index (κ2) is 7.69. The minimum Gasteiger partial charge on any atom is -0.325 e. The Bertz CT molecular complexity index is 1050. The number of rotatable bonds is 4. The van der Waals surface area contributed by atoms with E-state index in [2.05, 4.69) is 15.6 Å². The van der Waals surface area contributed by atoms with Gasteiger partial charge in [0.15, 0.2) is 5.13 Å². The number of aryl methyl sites for hydroxylation is 1. The molecular formula is C20H15ClFN3O2S. The molecule has 1 aromatic heterocycles. The topological polar surface area (TPSA) is 71.1 Å². The molecule has 1 heterocycles. The van der Waals surface area contributed by atoms with Gasteiger partial charge >= 0.3 is 0 Å². The van der Waals surface area contributed by atoms with E-state index in [4.69, 9.17) is 11.6 Å². The van der Waals surface area contributed by atoms with Crippen molar-refractivity contribution in [3.8, 4) is 0 Å². The van der Waals surface area contributed by atoms with Crippen molar-refractivity contribution in [2.24, 2.45) is 0 Å². The third-order valence-corrected chi connectivity index (χ3v) is 5.81. The highest BCUT2D eigenvalue weighted by Crippen LogP contribution is 2.39. The standard InChI is InChI=1S/C20H15ClFN3O2S/c21-14-10-12(6-8-15(14)22)23-19(27)13-7-9-16-17(13)24-20(28-16)25-18(26)11-4-2-1-3-5-11/h1-6,8,10,13H,7,9H2,(H,23,27)(H,24,25,26). The number of halogens is 2. The van der Waals surface area contributed by atoms with E-state index in [0.29, 0.717) is 28.5 Å². The van der Waals surface area contributed by atoms with Crippen molar-refractivity contribution in [3.05, 3.63) is 75.5 Å². The molecule has 8 heteroatoms. The highest BCUT2D eigenvalue weighted by atomic mass is 35.5. The minimum atomic E-state index is -0.541. The third kappa shape index (κ3) is 3.76. The summed E-state index contributed by atoms with van der Waals surface area (Å²) in [6.45, 7) is 0. The Balaban J connectivity index is 1.47. The molecule has 2 aromatic carbocycles. The average molecular weight is 416 g/mol. The zero-order chi connectivity index (χ0) is 19.7. The lowest BCUT2D eigenvalue weighted by molar-refractivity contribution is -0.117. The van der Waals surface area contributed by atoms with E-state index in [1.165, 1.54) is 29.5 Å². The number of benzene rings is 2. The molecule has 4 rings (SSSR count). The van der Waals surface area contributed by atoms with Crippen LogP contribution in [0.1, 0.15) is 33.3 Å². The molecule has 2 N–H and O–H groups in total. The Morgan fingerprint density at radius 3 is 2.68 bits per heavy atom. The molecule has 2 amide bonds. The van der Waals surface area contributed by atoms with Gasteiger partial charge < -0.3 is 5.32 Å². The molecule has 0 saturated heterocycles. The number of nitrogens with zero attached hydrogens (tertiary/aromatic N) is 1. The highest BCUT2D eigenvalue weighted by Gasteiger charge is 2.33. The zero-order valence-corrected chi connectivity index (χ0v) is 16.1. The van der Waals surface area contributed by atoms with Crippen molar-refractivity contribution in [2.45, 2.75) is 18.8 Å². The van der Waals surface area contributed by atoms with Gasteiger partial charge in [0.25, 0.3) is 5.91 Å². The summed E-state index contributed by atoms with van der Waals surface area (Å²) >= 11 is 7.15. The van der Waals surface area contributed by atoms with Crippen LogP contribution in [-0.4, -0.2) is 16.8 Å². The molecule has 0 radical (unpaired) electrons. The molecule has 1 atom stereocenters. The van der Waals surface area contributed by atoms with Gasteiger partial charge in [0, 0.05) is 16.1 Å². The summed E-state index contributed by atoms with van der Waals surface area (Å²) in [7, 11) is 0. The summed E-state index contributed by atoms with van der Waals surface area (Å²) < 4.78 is 13.3. The van der Waals surface area contributed by atoms with Gasteiger partial charge in [-0.1, -0.05) is 29.8 Å². The van der Waals surface area contributed by atoms with Crippen LogP contribution in [0.25, 0.3) is 0 Å². The Hall–Kier alpha value is -2.77. The monoisotopic (exact) mass is 415 g/mol. The van der Waals surface area contributed by atoms with E-state index < -0.39 is 11.7 Å². The number of hydrogen-bond donors (Lipinski definition) is 2. The van der Waals surface area contributed by atoms with Crippen LogP contribution < -0.4 is 10.6 Å². The second-order valence-corrected chi connectivity index (χ2v) is 7.85. The smallest absolute Gasteiger partial charge is 0.257 e. The quantitative estimate of drug-likeness (QED) is 0.639. The molecule has 0 aliphatic heterocycles. The molecule has 0 saturated carbocycles. The number of amides is 2. The number of nitrogens with one attached hydrogen (secondary N) is 2. The molecule has 0 spiro atoms. The SMILES string of the molecule is O=C(Nc1nc2c(s1)CCC2C(=O)Nc1ccc(F)c(Cl)c1)c1ccccc1. The molecule has 0 bridgehead atoms. The fourth-order valence-corrected chi connectivity index (χ4v) is 4.31. The average Bonchev–Trinajstić information content (AvgIpc) is 3.25. The number of fused-ring (bicyclic) bond motifs is 1. The van der Waals surface area contributed by atoms with Crippen LogP contribution in [0.15, 0.2) is 48.5 Å². The second-order valence-electron chi connectivity index (χ2n) is 6.36. The molecule has 1 aliphatic carbocycles. The Morgan fingerprint density at radius 1 is 1.14 bits per heavy atom. The van der Waals surface area contributed by atoms with Gasteiger partial charge in [-0.2, -0.15) is 0 Å². The predicted molar refractivity (Wildman–Crippen MR) is 108 cm³/mol. The van der Waals surface area contributed by atoms with Crippen molar-refractivity contribution in [1.29, 1.82) is 0 Å². The van der Waals surface area contributed by atoms with E-state index in [1.807, 2.05) is 6.07 Å². The van der Waals surface area contributed by atoms with Gasteiger partial charge in [-0.05, 0) is 43.2 Å². The zero-order valence-electron chi connectivity index (χ0n) is 14.5. The summed E-state index contributed by atoms with van der Waals surface area (Å²) in [5.74, 6) is -1.43. The van der Waals surface area contributed by atoms with Gasteiger partial charge in [0.05, 0.1) is 16.6 Å². The van der Waals surface area contributed by atoms with Crippen molar-refractivity contribution in [1.82, 2.24) is 4.98 Å². The maximum atomic E-state index is 13.3.